The predicted molar refractivity (Wildman–Crippen MR) is 85.9 cm³/mol. The molecule has 23 heavy (non-hydrogen) atoms. The van der Waals surface area contributed by atoms with Crippen molar-refractivity contribution in [2.24, 2.45) is 0 Å². The summed E-state index contributed by atoms with van der Waals surface area (Å²) in [7, 11) is 0. The van der Waals surface area contributed by atoms with Gasteiger partial charge in [-0.15, -0.1) is 0 Å². The lowest BCUT2D eigenvalue weighted by atomic mass is 10.1. The second kappa shape index (κ2) is 7.25. The van der Waals surface area contributed by atoms with Gasteiger partial charge in [-0.25, -0.2) is 0 Å². The first-order chi connectivity index (χ1) is 11.1. The number of aromatic nitrogens is 1. The van der Waals surface area contributed by atoms with Gasteiger partial charge < -0.3 is 20.1 Å². The number of nitrogens with two attached hydrogens (primary N) is 1. The van der Waals surface area contributed by atoms with Gasteiger partial charge in [0.1, 0.15) is 6.10 Å². The number of pyridine rings is 1. The van der Waals surface area contributed by atoms with Gasteiger partial charge in [-0.2, -0.15) is 0 Å². The smallest absolute Gasteiger partial charge is 0.236 e. The third-order valence-corrected chi connectivity index (χ3v) is 4.20. The normalized spacial score (nSPS) is 23.0. The lowest BCUT2D eigenvalue weighted by Crippen LogP contribution is -2.48. The van der Waals surface area contributed by atoms with Gasteiger partial charge >= 0.3 is 0 Å². The molecule has 2 saturated heterocycles. The maximum absolute atomic E-state index is 12.4. The molecule has 2 aliphatic heterocycles. The fourth-order valence-corrected chi connectivity index (χ4v) is 3.02. The van der Waals surface area contributed by atoms with Gasteiger partial charge in [0.25, 0.3) is 0 Å². The predicted octanol–water partition coefficient (Wildman–Crippen LogP) is 0.204. The summed E-state index contributed by atoms with van der Waals surface area (Å²) in [5.74, 6) is 0.158. The Labute approximate surface area is 136 Å². The van der Waals surface area contributed by atoms with Crippen molar-refractivity contribution in [3.63, 3.8) is 0 Å². The van der Waals surface area contributed by atoms with Crippen molar-refractivity contribution >= 4 is 11.6 Å². The molecular weight excluding hydrogens is 296 g/mol. The fraction of sp³-hybridized carbons (Fsp3) is 0.625. The monoisotopic (exact) mass is 320 g/mol. The van der Waals surface area contributed by atoms with Crippen molar-refractivity contribution in [1.82, 2.24) is 14.8 Å². The van der Waals surface area contributed by atoms with Crippen LogP contribution in [0.3, 0.4) is 0 Å². The lowest BCUT2D eigenvalue weighted by molar-refractivity contribution is -0.138. The molecule has 7 nitrogen and oxygen atoms in total. The molecule has 0 aromatic carbocycles. The highest BCUT2D eigenvalue weighted by atomic mass is 16.5. The van der Waals surface area contributed by atoms with Crippen LogP contribution in [0, 0.1) is 6.92 Å². The molecule has 1 aromatic heterocycles. The van der Waals surface area contributed by atoms with E-state index in [1.807, 2.05) is 24.0 Å². The second-order valence-electron chi connectivity index (χ2n) is 6.05. The number of morpholine rings is 2. The molecule has 0 aliphatic carbocycles. The Balaban J connectivity index is 1.60. The van der Waals surface area contributed by atoms with Crippen molar-refractivity contribution in [2.75, 3.05) is 58.3 Å². The van der Waals surface area contributed by atoms with E-state index in [0.29, 0.717) is 51.7 Å². The Morgan fingerprint density at radius 2 is 2.09 bits per heavy atom. The lowest BCUT2D eigenvalue weighted by Gasteiger charge is -2.34. The second-order valence-corrected chi connectivity index (χ2v) is 6.05. The molecule has 2 N–H and O–H groups in total. The Morgan fingerprint density at radius 1 is 1.30 bits per heavy atom. The van der Waals surface area contributed by atoms with E-state index in [1.54, 1.807) is 0 Å². The first-order valence-electron chi connectivity index (χ1n) is 8.05. The van der Waals surface area contributed by atoms with Crippen molar-refractivity contribution in [2.45, 2.75) is 13.0 Å². The molecule has 0 spiro atoms. The fourth-order valence-electron chi connectivity index (χ4n) is 3.02. The number of anilines is 1. The van der Waals surface area contributed by atoms with E-state index in [9.17, 15) is 4.79 Å². The molecule has 1 aromatic rings. The first kappa shape index (κ1) is 16.2. The zero-order chi connectivity index (χ0) is 16.2. The molecule has 0 saturated carbocycles. The van der Waals surface area contributed by atoms with Crippen LogP contribution in [0.1, 0.15) is 17.5 Å². The summed E-state index contributed by atoms with van der Waals surface area (Å²) in [6.07, 6.45) is -0.136. The van der Waals surface area contributed by atoms with Crippen LogP contribution in [0.15, 0.2) is 12.1 Å². The van der Waals surface area contributed by atoms with Crippen molar-refractivity contribution in [1.29, 1.82) is 0 Å². The van der Waals surface area contributed by atoms with Crippen LogP contribution < -0.4 is 5.73 Å². The summed E-state index contributed by atoms with van der Waals surface area (Å²) < 4.78 is 11.1. The number of amides is 1. The van der Waals surface area contributed by atoms with Crippen molar-refractivity contribution in [3.8, 4) is 0 Å². The summed E-state index contributed by atoms with van der Waals surface area (Å²) in [6.45, 7) is 6.97. The maximum Gasteiger partial charge on any atom is 0.236 e. The number of hydrogen-bond donors (Lipinski definition) is 1. The average molecular weight is 320 g/mol. The number of nitrogens with zero attached hydrogens (tertiary/aromatic N) is 3. The van der Waals surface area contributed by atoms with E-state index < -0.39 is 0 Å². The number of hydrogen-bond acceptors (Lipinski definition) is 6. The molecule has 126 valence electrons. The number of carbonyl (C=O) groups excluding carboxylic acids is 1. The van der Waals surface area contributed by atoms with E-state index >= 15 is 0 Å². The number of rotatable bonds is 3. The van der Waals surface area contributed by atoms with Crippen LogP contribution in [0.4, 0.5) is 5.69 Å². The molecule has 1 unspecified atom stereocenters. The summed E-state index contributed by atoms with van der Waals surface area (Å²) in [4.78, 5) is 20.9. The number of carbonyl (C=O) groups is 1. The van der Waals surface area contributed by atoms with Gasteiger partial charge in [-0.05, 0) is 19.1 Å². The average Bonchev–Trinajstić information content (AvgIpc) is 2.55. The molecule has 3 heterocycles. The molecule has 0 radical (unpaired) electrons. The first-order valence-corrected chi connectivity index (χ1v) is 8.05. The maximum atomic E-state index is 12.4. The zero-order valence-electron chi connectivity index (χ0n) is 13.5. The van der Waals surface area contributed by atoms with Crippen molar-refractivity contribution in [3.05, 3.63) is 23.5 Å². The van der Waals surface area contributed by atoms with Gasteiger partial charge in [0.2, 0.25) is 5.91 Å². The topological polar surface area (TPSA) is 80.9 Å². The van der Waals surface area contributed by atoms with Crippen LogP contribution in [-0.2, 0) is 14.3 Å². The summed E-state index contributed by atoms with van der Waals surface area (Å²) in [6, 6.07) is 3.69. The summed E-state index contributed by atoms with van der Waals surface area (Å²) in [5, 5.41) is 0. The highest BCUT2D eigenvalue weighted by Gasteiger charge is 2.26. The SMILES string of the molecule is Cc1cc(N)cc(C2CN(CC(=O)N3CCOCC3)CCO2)n1. The van der Waals surface area contributed by atoms with Gasteiger partial charge in [0.15, 0.2) is 0 Å². The quantitative estimate of drug-likeness (QED) is 0.857. The van der Waals surface area contributed by atoms with Crippen LogP contribution in [0.25, 0.3) is 0 Å². The number of ether oxygens (including phenoxy) is 2. The zero-order valence-corrected chi connectivity index (χ0v) is 13.5. The molecule has 0 bridgehead atoms. The third kappa shape index (κ3) is 4.19. The Hall–Kier alpha value is -1.70. The van der Waals surface area contributed by atoms with E-state index in [0.717, 1.165) is 17.9 Å². The van der Waals surface area contributed by atoms with Crippen LogP contribution >= 0.6 is 0 Å². The van der Waals surface area contributed by atoms with E-state index in [-0.39, 0.29) is 12.0 Å². The van der Waals surface area contributed by atoms with Crippen molar-refractivity contribution < 1.29 is 14.3 Å². The molecule has 1 amide bonds. The molecule has 1 atom stereocenters. The minimum Gasteiger partial charge on any atom is -0.399 e. The molecule has 2 fully saturated rings. The Bertz CT molecular complexity index is 540. The van der Waals surface area contributed by atoms with Gasteiger partial charge in [0.05, 0.1) is 32.1 Å². The van der Waals surface area contributed by atoms with Crippen LogP contribution in [-0.4, -0.2) is 73.2 Å². The van der Waals surface area contributed by atoms with Gasteiger partial charge in [0, 0.05) is 37.6 Å². The van der Waals surface area contributed by atoms with Crippen LogP contribution in [0.5, 0.6) is 0 Å². The minimum atomic E-state index is -0.136. The largest absolute Gasteiger partial charge is 0.399 e. The van der Waals surface area contributed by atoms with E-state index in [1.165, 1.54) is 0 Å². The Morgan fingerprint density at radius 3 is 2.83 bits per heavy atom. The van der Waals surface area contributed by atoms with Gasteiger partial charge in [-0.3, -0.25) is 14.7 Å². The van der Waals surface area contributed by atoms with Crippen LogP contribution in [0.2, 0.25) is 0 Å². The van der Waals surface area contributed by atoms with E-state index in [2.05, 4.69) is 9.88 Å². The highest BCUT2D eigenvalue weighted by Crippen LogP contribution is 2.22. The number of aryl methyl sites for hydroxylation is 1. The summed E-state index contributed by atoms with van der Waals surface area (Å²) in [5.41, 5.74) is 8.31. The standard InChI is InChI=1S/C16H24N4O3/c1-12-8-13(17)9-14(18-12)15-10-19(2-7-23-15)11-16(21)20-3-5-22-6-4-20/h8-9,15H,2-7,10-11H2,1H3,(H2,17,18). The highest BCUT2D eigenvalue weighted by molar-refractivity contribution is 5.78. The van der Waals surface area contributed by atoms with E-state index in [4.69, 9.17) is 15.2 Å². The third-order valence-electron chi connectivity index (χ3n) is 4.20. The summed E-state index contributed by atoms with van der Waals surface area (Å²) >= 11 is 0. The Kier molecular flexibility index (Phi) is 5.09. The molecule has 2 aliphatic rings. The molecule has 7 heteroatoms. The minimum absolute atomic E-state index is 0.136. The molecule has 3 rings (SSSR count). The molecular formula is C16H24N4O3. The van der Waals surface area contributed by atoms with Gasteiger partial charge in [-0.1, -0.05) is 0 Å². The number of nitrogen functional groups attached to an aromatic ring is 1.